The molecule has 4 aliphatic heterocycles. The Morgan fingerprint density at radius 3 is 1.05 bits per heavy atom. The minimum atomic E-state index is -2.31. The van der Waals surface area contributed by atoms with Crippen LogP contribution in [0.3, 0.4) is 0 Å². The molecule has 7 aromatic carbocycles. The number of benzene rings is 7. The standard InChI is InChI=1S/C72H68O27/c73-36-48-55(92-64(81)42-26-12-3-13-27-42)59(98-70-57(97-69-54(78)51(75)47(74)37-88-69)53(77)52(76)49(90-70)38-86-62(79)40-22-8-1-9-23-40)61(95-67(84)45-32-18-6-19-33-45)71(89-48)96-56-50(39-87-63(80)41-24-10-2-11-25-41)91-72(99-68(85)46-34-20-7-21-35-46)60(94-66(83)44-30-16-5-17-31-44)58(56)93-65(82)43-28-14-4-15-29-43/h1-35,47-61,69-78H,36-39H2/t47-,48-,49-,50-,51-,52+,53+,54+,55+,56-,57-,58+,59+,60+,61-,69+,70+,71+,72-/m1/s1. The molecule has 518 valence electrons. The fourth-order valence-electron chi connectivity index (χ4n) is 11.2. The van der Waals surface area contributed by atoms with Crippen molar-refractivity contribution >= 4 is 41.8 Å². The van der Waals surface area contributed by atoms with Crippen LogP contribution in [0.25, 0.3) is 0 Å². The van der Waals surface area contributed by atoms with Crippen molar-refractivity contribution in [3.05, 3.63) is 251 Å². The van der Waals surface area contributed by atoms with Crippen LogP contribution in [0.2, 0.25) is 0 Å². The quantitative estimate of drug-likeness (QED) is 0.0390. The van der Waals surface area contributed by atoms with E-state index >= 15 is 0 Å². The fourth-order valence-corrected chi connectivity index (χ4v) is 11.2. The summed E-state index contributed by atoms with van der Waals surface area (Å²) in [7, 11) is 0. The maximum Gasteiger partial charge on any atom is 0.340 e. The molecule has 19 atom stereocenters. The molecular weight excluding hydrogens is 1300 g/mol. The Balaban J connectivity index is 1.06. The Bertz CT molecular complexity index is 3810. The van der Waals surface area contributed by atoms with Crippen molar-refractivity contribution in [2.75, 3.05) is 26.4 Å². The Labute approximate surface area is 564 Å². The Morgan fingerprint density at radius 2 is 0.626 bits per heavy atom. The molecule has 27 nitrogen and oxygen atoms in total. The van der Waals surface area contributed by atoms with E-state index in [9.17, 15) is 64.2 Å². The lowest BCUT2D eigenvalue weighted by molar-refractivity contribution is -0.390. The number of carbonyl (C=O) groups is 7. The molecule has 27 heteroatoms. The van der Waals surface area contributed by atoms with Crippen molar-refractivity contribution in [3.63, 3.8) is 0 Å². The van der Waals surface area contributed by atoms with Crippen LogP contribution in [0.15, 0.2) is 212 Å². The molecule has 99 heavy (non-hydrogen) atoms. The summed E-state index contributed by atoms with van der Waals surface area (Å²) in [5, 5.41) is 68.2. The molecule has 4 aliphatic rings. The summed E-state index contributed by atoms with van der Waals surface area (Å²) in [5.41, 5.74) is -0.330. The number of aliphatic hydroxyl groups is 6. The first-order chi connectivity index (χ1) is 48.0. The molecule has 7 aromatic rings. The summed E-state index contributed by atoms with van der Waals surface area (Å²) in [6, 6.07) is 52.2. The number of carbonyl (C=O) groups excluding carboxylic acids is 7. The second kappa shape index (κ2) is 33.2. The lowest BCUT2D eigenvalue weighted by Crippen LogP contribution is -2.69. The molecule has 6 N–H and O–H groups in total. The molecule has 0 spiro atoms. The fraction of sp³-hybridized carbons (Fsp3) is 0.319. The van der Waals surface area contributed by atoms with Gasteiger partial charge in [-0.05, 0) is 84.9 Å². The van der Waals surface area contributed by atoms with Crippen LogP contribution in [0, 0.1) is 0 Å². The first-order valence-electron chi connectivity index (χ1n) is 31.3. The molecule has 4 fully saturated rings. The highest BCUT2D eigenvalue weighted by atomic mass is 16.8. The molecule has 0 aromatic heterocycles. The smallest absolute Gasteiger partial charge is 0.340 e. The lowest BCUT2D eigenvalue weighted by Gasteiger charge is -2.50. The van der Waals surface area contributed by atoms with Crippen molar-refractivity contribution in [1.82, 2.24) is 0 Å². The third-order valence-corrected chi connectivity index (χ3v) is 16.4. The van der Waals surface area contributed by atoms with Crippen LogP contribution in [-0.2, 0) is 66.3 Å². The van der Waals surface area contributed by atoms with E-state index in [1.54, 1.807) is 66.7 Å². The normalized spacial score (nSPS) is 28.9. The number of hydrogen-bond acceptors (Lipinski definition) is 27. The van der Waals surface area contributed by atoms with E-state index in [2.05, 4.69) is 0 Å². The van der Waals surface area contributed by atoms with Gasteiger partial charge in [-0.3, -0.25) is 0 Å². The second-order valence-corrected chi connectivity index (χ2v) is 23.0. The van der Waals surface area contributed by atoms with Gasteiger partial charge >= 0.3 is 41.8 Å². The van der Waals surface area contributed by atoms with Gasteiger partial charge in [0.2, 0.25) is 12.4 Å². The second-order valence-electron chi connectivity index (χ2n) is 23.0. The van der Waals surface area contributed by atoms with E-state index in [1.807, 2.05) is 0 Å². The molecule has 11 rings (SSSR count). The van der Waals surface area contributed by atoms with E-state index in [0.29, 0.717) is 0 Å². The van der Waals surface area contributed by atoms with Crippen LogP contribution >= 0.6 is 0 Å². The predicted octanol–water partition coefficient (Wildman–Crippen LogP) is 3.94. The van der Waals surface area contributed by atoms with E-state index in [1.165, 1.54) is 146 Å². The Hall–Kier alpha value is -9.69. The monoisotopic (exact) mass is 1360 g/mol. The van der Waals surface area contributed by atoms with Crippen LogP contribution in [0.1, 0.15) is 72.5 Å². The number of esters is 7. The van der Waals surface area contributed by atoms with Gasteiger partial charge in [-0.15, -0.1) is 0 Å². The highest BCUT2D eigenvalue weighted by molar-refractivity contribution is 5.93. The van der Waals surface area contributed by atoms with Gasteiger partial charge in [-0.25, -0.2) is 33.6 Å². The molecule has 0 unspecified atom stereocenters. The van der Waals surface area contributed by atoms with Crippen molar-refractivity contribution in [1.29, 1.82) is 0 Å². The predicted molar refractivity (Wildman–Crippen MR) is 335 cm³/mol. The zero-order valence-corrected chi connectivity index (χ0v) is 52.3. The van der Waals surface area contributed by atoms with Crippen molar-refractivity contribution < 1.29 is 131 Å². The minimum Gasteiger partial charge on any atom is -0.459 e. The van der Waals surface area contributed by atoms with E-state index < -0.39 is 185 Å². The van der Waals surface area contributed by atoms with E-state index in [0.717, 1.165) is 0 Å². The summed E-state index contributed by atoms with van der Waals surface area (Å²) in [4.78, 5) is 101. The van der Waals surface area contributed by atoms with Crippen LogP contribution < -0.4 is 0 Å². The van der Waals surface area contributed by atoms with Gasteiger partial charge in [0.15, 0.2) is 37.2 Å². The van der Waals surface area contributed by atoms with E-state index in [-0.39, 0.29) is 38.9 Å². The van der Waals surface area contributed by atoms with Gasteiger partial charge < -0.3 is 97.0 Å². The highest BCUT2D eigenvalue weighted by Crippen LogP contribution is 2.39. The largest absolute Gasteiger partial charge is 0.459 e. The average molecular weight is 1370 g/mol. The zero-order valence-electron chi connectivity index (χ0n) is 52.3. The van der Waals surface area contributed by atoms with Gasteiger partial charge in [0.1, 0.15) is 80.4 Å². The number of ether oxygens (including phenoxy) is 14. The van der Waals surface area contributed by atoms with Crippen molar-refractivity contribution in [2.45, 2.75) is 117 Å². The molecule has 0 amide bonds. The van der Waals surface area contributed by atoms with Gasteiger partial charge in [0.05, 0.1) is 52.2 Å². The van der Waals surface area contributed by atoms with Crippen molar-refractivity contribution in [2.24, 2.45) is 0 Å². The minimum absolute atomic E-state index is 0.0321. The number of rotatable bonds is 23. The van der Waals surface area contributed by atoms with Crippen LogP contribution in [0.4, 0.5) is 0 Å². The van der Waals surface area contributed by atoms with Crippen LogP contribution in [0.5, 0.6) is 0 Å². The molecule has 0 bridgehead atoms. The summed E-state index contributed by atoms with van der Waals surface area (Å²) in [6.07, 6.45) is -39.0. The molecular formula is C72H68O27. The first-order valence-corrected chi connectivity index (χ1v) is 31.3. The first kappa shape index (κ1) is 70.6. The molecule has 0 saturated carbocycles. The van der Waals surface area contributed by atoms with Crippen LogP contribution in [-0.4, -0.2) is 216 Å². The van der Waals surface area contributed by atoms with Gasteiger partial charge in [-0.2, -0.15) is 0 Å². The summed E-state index contributed by atoms with van der Waals surface area (Å²) >= 11 is 0. The Morgan fingerprint density at radius 1 is 0.303 bits per heavy atom. The average Bonchev–Trinajstić information content (AvgIpc) is 0.760. The lowest BCUT2D eigenvalue weighted by atomic mass is 9.95. The van der Waals surface area contributed by atoms with Crippen molar-refractivity contribution in [3.8, 4) is 0 Å². The third-order valence-electron chi connectivity index (χ3n) is 16.4. The molecule has 4 saturated heterocycles. The molecule has 4 heterocycles. The van der Waals surface area contributed by atoms with Gasteiger partial charge in [0, 0.05) is 0 Å². The highest BCUT2D eigenvalue weighted by Gasteiger charge is 2.60. The third kappa shape index (κ3) is 17.2. The molecule has 0 radical (unpaired) electrons. The maximum atomic E-state index is 15.0. The summed E-state index contributed by atoms with van der Waals surface area (Å²) < 4.78 is 87.8. The zero-order chi connectivity index (χ0) is 69.5. The number of hydrogen-bond donors (Lipinski definition) is 6. The summed E-state index contributed by atoms with van der Waals surface area (Å²) in [6.45, 7) is -3.52. The van der Waals surface area contributed by atoms with Gasteiger partial charge in [0.25, 0.3) is 0 Å². The topological polar surface area (TPSA) is 370 Å². The van der Waals surface area contributed by atoms with Gasteiger partial charge in [-0.1, -0.05) is 127 Å². The molecule has 0 aliphatic carbocycles. The summed E-state index contributed by atoms with van der Waals surface area (Å²) in [5.74, 6) is -7.43. The Kier molecular flexibility index (Phi) is 23.7. The SMILES string of the molecule is O=C(OC[C@H]1O[C@@H](O[C@H]2[C@@H](OC(=O)c3ccccc3)[C@@H](CO)O[C@@H](O[C@H]3[C@H](OC(=O)c4ccccc4)[C@H](OC(=O)c4ccccc4)[C@@H](OC(=O)c4ccccc4)O[C@@H]3COC(=O)c3ccccc3)[C@@H]2OC(=O)c2ccccc2)[C@H](O[C@@H]2OC[C@@H](O)[C@@H](O)[C@@H]2O)[C@@H](O)[C@H]1O)c1ccccc1. The maximum absolute atomic E-state index is 15.0. The number of aliphatic hydroxyl groups excluding tert-OH is 6. The van der Waals surface area contributed by atoms with E-state index in [4.69, 9.17) is 66.3 Å².